The average Bonchev–Trinajstić information content (AvgIpc) is 3.08. The Bertz CT molecular complexity index is 910. The van der Waals surface area contributed by atoms with Crippen molar-refractivity contribution >= 4 is 23.7 Å². The van der Waals surface area contributed by atoms with E-state index in [9.17, 15) is 19.2 Å². The van der Waals surface area contributed by atoms with Crippen LogP contribution in [0.15, 0.2) is 11.0 Å². The number of nitrogens with two attached hydrogens (primary N) is 1. The molecule has 0 saturated carbocycles. The Labute approximate surface area is 171 Å². The van der Waals surface area contributed by atoms with E-state index in [1.807, 2.05) is 13.8 Å². The number of nitrogens with zero attached hydrogens (tertiary/aromatic N) is 2. The fourth-order valence-electron chi connectivity index (χ4n) is 2.94. The zero-order valence-corrected chi connectivity index (χ0v) is 16.0. The number of carbonyl (C=O) groups is 3. The van der Waals surface area contributed by atoms with Crippen molar-refractivity contribution in [3.63, 3.8) is 0 Å². The summed E-state index contributed by atoms with van der Waals surface area (Å²) in [6.07, 6.45) is -3.94. The van der Waals surface area contributed by atoms with Gasteiger partial charge in [0.1, 0.15) is 18.5 Å². The van der Waals surface area contributed by atoms with E-state index in [0.29, 0.717) is 5.56 Å². The zero-order valence-electron chi connectivity index (χ0n) is 19.0. The summed E-state index contributed by atoms with van der Waals surface area (Å²) in [5.74, 6) is -2.96. The SMILES string of the molecule is [2H]CC(=O)OC[C@H]1OC(n2cc(C(C)C)c(N)nc2=O)[C@H](OC(=O)C[2H])[C@H]1OC(=O)C[2H]. The van der Waals surface area contributed by atoms with Crippen molar-refractivity contribution in [3.8, 4) is 0 Å². The second kappa shape index (κ2) is 9.03. The first-order valence-corrected chi connectivity index (χ1v) is 8.59. The predicted molar refractivity (Wildman–Crippen MR) is 98.6 cm³/mol. The van der Waals surface area contributed by atoms with Crippen LogP contribution in [-0.2, 0) is 33.3 Å². The van der Waals surface area contributed by atoms with Crippen LogP contribution in [0.1, 0.15) is 56.4 Å². The number of anilines is 1. The summed E-state index contributed by atoms with van der Waals surface area (Å²) in [6, 6.07) is 0. The van der Waals surface area contributed by atoms with E-state index in [1.165, 1.54) is 6.20 Å². The van der Waals surface area contributed by atoms with E-state index in [4.69, 9.17) is 28.8 Å². The largest absolute Gasteiger partial charge is 0.463 e. The van der Waals surface area contributed by atoms with Gasteiger partial charge < -0.3 is 24.7 Å². The Morgan fingerprint density at radius 2 is 1.83 bits per heavy atom. The van der Waals surface area contributed by atoms with Gasteiger partial charge in [-0.25, -0.2) is 4.79 Å². The van der Waals surface area contributed by atoms with Crippen LogP contribution in [0.2, 0.25) is 0 Å². The monoisotopic (exact) mass is 414 g/mol. The number of carbonyl (C=O) groups excluding carboxylic acids is 3. The lowest BCUT2D eigenvalue weighted by molar-refractivity contribution is -0.166. The molecule has 0 radical (unpaired) electrons. The molecule has 11 nitrogen and oxygen atoms in total. The van der Waals surface area contributed by atoms with Gasteiger partial charge in [-0.3, -0.25) is 19.0 Å². The molecule has 1 unspecified atom stereocenters. The van der Waals surface area contributed by atoms with Gasteiger partial charge in [0.15, 0.2) is 18.4 Å². The Morgan fingerprint density at radius 1 is 1.21 bits per heavy atom. The predicted octanol–water partition coefficient (Wildman–Crippen LogP) is 0.273. The molecule has 0 aromatic carbocycles. The van der Waals surface area contributed by atoms with Crippen LogP contribution >= 0.6 is 0 Å². The first-order chi connectivity index (χ1) is 15.1. The lowest BCUT2D eigenvalue weighted by Crippen LogP contribution is -2.42. The molecule has 1 aliphatic rings. The van der Waals surface area contributed by atoms with Gasteiger partial charge in [-0.2, -0.15) is 4.98 Å². The van der Waals surface area contributed by atoms with Gasteiger partial charge in [0, 0.05) is 36.6 Å². The number of rotatable bonds is 6. The van der Waals surface area contributed by atoms with Crippen LogP contribution in [0.5, 0.6) is 0 Å². The molecule has 160 valence electrons. The molecule has 0 amide bonds. The van der Waals surface area contributed by atoms with Gasteiger partial charge >= 0.3 is 23.6 Å². The molecule has 1 aromatic heterocycles. The second-order valence-corrected chi connectivity index (χ2v) is 6.58. The molecule has 1 aliphatic heterocycles. The van der Waals surface area contributed by atoms with Crippen LogP contribution in [0.3, 0.4) is 0 Å². The summed E-state index contributed by atoms with van der Waals surface area (Å²) >= 11 is 0. The van der Waals surface area contributed by atoms with E-state index in [2.05, 4.69) is 4.98 Å². The summed E-state index contributed by atoms with van der Waals surface area (Å²) in [6.45, 7) is 0.985. The number of aromatic nitrogens is 2. The molecule has 1 fully saturated rings. The first-order valence-electron chi connectivity index (χ1n) is 10.7. The summed E-state index contributed by atoms with van der Waals surface area (Å²) in [7, 11) is 0. The van der Waals surface area contributed by atoms with E-state index in [1.54, 1.807) is 0 Å². The van der Waals surface area contributed by atoms with Gasteiger partial charge in [0.25, 0.3) is 0 Å². The maximum Gasteiger partial charge on any atom is 0.351 e. The van der Waals surface area contributed by atoms with Gasteiger partial charge in [0.05, 0.1) is 0 Å². The maximum atomic E-state index is 12.6. The van der Waals surface area contributed by atoms with Crippen molar-refractivity contribution < 1.29 is 37.4 Å². The molecule has 4 atom stereocenters. The third-order valence-electron chi connectivity index (χ3n) is 4.14. The van der Waals surface area contributed by atoms with E-state index in [-0.39, 0.29) is 11.7 Å². The number of ether oxygens (including phenoxy) is 4. The Hall–Kier alpha value is -2.95. The lowest BCUT2D eigenvalue weighted by atomic mass is 10.1. The fraction of sp³-hybridized carbons (Fsp3) is 0.611. The molecule has 1 saturated heterocycles. The highest BCUT2D eigenvalue weighted by molar-refractivity contribution is 5.68. The van der Waals surface area contributed by atoms with Crippen molar-refractivity contribution in [1.29, 1.82) is 0 Å². The molecule has 0 bridgehead atoms. The maximum absolute atomic E-state index is 12.6. The van der Waals surface area contributed by atoms with Crippen molar-refractivity contribution in [2.45, 2.75) is 65.0 Å². The highest BCUT2D eigenvalue weighted by atomic mass is 16.7. The van der Waals surface area contributed by atoms with Crippen LogP contribution in [0.25, 0.3) is 0 Å². The first kappa shape index (κ1) is 18.1. The van der Waals surface area contributed by atoms with Crippen molar-refractivity contribution in [1.82, 2.24) is 9.55 Å². The van der Waals surface area contributed by atoms with Crippen molar-refractivity contribution in [2.75, 3.05) is 12.3 Å². The molecule has 1 aromatic rings. The minimum Gasteiger partial charge on any atom is -0.463 e. The van der Waals surface area contributed by atoms with Gasteiger partial charge in [0.2, 0.25) is 0 Å². The zero-order chi connectivity index (χ0) is 24.0. The van der Waals surface area contributed by atoms with Crippen LogP contribution in [0.4, 0.5) is 5.82 Å². The highest BCUT2D eigenvalue weighted by Crippen LogP contribution is 2.34. The molecule has 29 heavy (non-hydrogen) atoms. The van der Waals surface area contributed by atoms with E-state index >= 15 is 0 Å². The average molecular weight is 414 g/mol. The fourth-order valence-corrected chi connectivity index (χ4v) is 2.94. The van der Waals surface area contributed by atoms with Gasteiger partial charge in [-0.15, -0.1) is 0 Å². The minimum absolute atomic E-state index is 0.0112. The van der Waals surface area contributed by atoms with Crippen LogP contribution < -0.4 is 11.4 Å². The molecule has 0 aliphatic carbocycles. The molecular weight excluding hydrogens is 386 g/mol. The van der Waals surface area contributed by atoms with E-state index < -0.39 is 75.4 Å². The third kappa shape index (κ3) is 5.31. The van der Waals surface area contributed by atoms with Gasteiger partial charge in [-0.1, -0.05) is 13.8 Å². The quantitative estimate of drug-likeness (QED) is 0.508. The van der Waals surface area contributed by atoms with Crippen LogP contribution in [0, 0.1) is 0 Å². The van der Waals surface area contributed by atoms with Gasteiger partial charge in [-0.05, 0) is 5.92 Å². The highest BCUT2D eigenvalue weighted by Gasteiger charge is 2.51. The van der Waals surface area contributed by atoms with Crippen LogP contribution in [-0.4, -0.2) is 52.4 Å². The molecule has 2 heterocycles. The minimum atomic E-state index is -1.41. The summed E-state index contributed by atoms with van der Waals surface area (Å²) < 4.78 is 43.6. The molecule has 11 heteroatoms. The van der Waals surface area contributed by atoms with E-state index in [0.717, 1.165) is 4.57 Å². The number of esters is 3. The Balaban J connectivity index is 2.52. The molecule has 0 spiro atoms. The Kier molecular flexibility index (Phi) is 5.64. The topological polar surface area (TPSA) is 149 Å². The summed E-state index contributed by atoms with van der Waals surface area (Å²) in [4.78, 5) is 51.5. The molecule has 2 N–H and O–H groups in total. The standard InChI is InChI=1S/C18H25N3O8/c1-8(2)12-6-21(18(25)20-16(12)19)17-15(28-11(5)24)14(27-10(4)23)13(29-17)7-26-9(3)22/h6,8,13-15,17H,7H2,1-5H3,(H2,19,20,25)/t13-,14+,15-,17?/m1/s1/i3D,4D,5D. The summed E-state index contributed by atoms with van der Waals surface area (Å²) in [5, 5.41) is 0. The smallest absolute Gasteiger partial charge is 0.351 e. The lowest BCUT2D eigenvalue weighted by Gasteiger charge is -2.24. The normalized spacial score (nSPS) is 25.0. The molecule has 2 rings (SSSR count). The third-order valence-corrected chi connectivity index (χ3v) is 4.14. The number of hydrogen-bond acceptors (Lipinski definition) is 10. The second-order valence-electron chi connectivity index (χ2n) is 6.58. The molecular formula is C18H25N3O8. The number of hydrogen-bond donors (Lipinski definition) is 1. The van der Waals surface area contributed by atoms with Crippen molar-refractivity contribution in [3.05, 3.63) is 22.2 Å². The van der Waals surface area contributed by atoms with Crippen molar-refractivity contribution in [2.24, 2.45) is 0 Å². The Morgan fingerprint density at radius 3 is 2.41 bits per heavy atom. The number of nitrogen functional groups attached to an aromatic ring is 1. The summed E-state index contributed by atoms with van der Waals surface area (Å²) in [5.41, 5.74) is 5.49.